The molecule has 0 spiro atoms. The lowest BCUT2D eigenvalue weighted by atomic mass is 10.2. The summed E-state index contributed by atoms with van der Waals surface area (Å²) < 4.78 is 11.3. The predicted molar refractivity (Wildman–Crippen MR) is 82.8 cm³/mol. The predicted octanol–water partition coefficient (Wildman–Crippen LogP) is 3.88. The van der Waals surface area contributed by atoms with Gasteiger partial charge in [-0.15, -0.1) is 0 Å². The number of hydrogen-bond donors (Lipinski definition) is 1. The maximum absolute atomic E-state index is 5.76. The third-order valence-electron chi connectivity index (χ3n) is 2.96. The summed E-state index contributed by atoms with van der Waals surface area (Å²) in [5, 5.41) is 3.34. The highest BCUT2D eigenvalue weighted by atomic mass is 16.5. The molecule has 0 atom stereocenters. The third-order valence-corrected chi connectivity index (χ3v) is 2.96. The minimum absolute atomic E-state index is 0.616. The zero-order valence-electron chi connectivity index (χ0n) is 12.1. The molecule has 0 aromatic heterocycles. The van der Waals surface area contributed by atoms with Crippen LogP contribution in [0, 0.1) is 6.92 Å². The maximum atomic E-state index is 5.76. The van der Waals surface area contributed by atoms with E-state index in [-0.39, 0.29) is 0 Å². The van der Waals surface area contributed by atoms with Crippen molar-refractivity contribution in [3.05, 3.63) is 54.1 Å². The van der Waals surface area contributed by atoms with E-state index in [9.17, 15) is 0 Å². The van der Waals surface area contributed by atoms with E-state index in [1.807, 2.05) is 62.4 Å². The van der Waals surface area contributed by atoms with Gasteiger partial charge in [-0.2, -0.15) is 0 Å². The van der Waals surface area contributed by atoms with Gasteiger partial charge in [-0.25, -0.2) is 0 Å². The SMILES string of the molecule is CCOc1ccccc1NCCOc1ccccc1C. The molecule has 3 nitrogen and oxygen atoms in total. The second-order valence-electron chi connectivity index (χ2n) is 4.47. The van der Waals surface area contributed by atoms with E-state index < -0.39 is 0 Å². The van der Waals surface area contributed by atoms with Gasteiger partial charge < -0.3 is 14.8 Å². The first-order valence-corrected chi connectivity index (χ1v) is 6.95. The molecule has 0 unspecified atom stereocenters. The Hall–Kier alpha value is -2.16. The smallest absolute Gasteiger partial charge is 0.142 e. The lowest BCUT2D eigenvalue weighted by Gasteiger charge is -2.13. The third kappa shape index (κ3) is 3.92. The zero-order valence-corrected chi connectivity index (χ0v) is 12.1. The fourth-order valence-electron chi connectivity index (χ4n) is 1.96. The molecule has 2 rings (SSSR count). The lowest BCUT2D eigenvalue weighted by molar-refractivity contribution is 0.328. The quantitative estimate of drug-likeness (QED) is 0.775. The fraction of sp³-hybridized carbons (Fsp3) is 0.294. The number of nitrogens with one attached hydrogen (secondary N) is 1. The zero-order chi connectivity index (χ0) is 14.2. The molecule has 0 saturated carbocycles. The lowest BCUT2D eigenvalue weighted by Crippen LogP contribution is -2.12. The molecule has 0 aliphatic rings. The normalized spacial score (nSPS) is 10.1. The van der Waals surface area contributed by atoms with Crippen LogP contribution < -0.4 is 14.8 Å². The molecule has 0 radical (unpaired) electrons. The van der Waals surface area contributed by atoms with Crippen molar-refractivity contribution in [3.63, 3.8) is 0 Å². The summed E-state index contributed by atoms with van der Waals surface area (Å²) in [6.07, 6.45) is 0. The minimum Gasteiger partial charge on any atom is -0.492 e. The van der Waals surface area contributed by atoms with Gasteiger partial charge in [0, 0.05) is 6.54 Å². The molecular weight excluding hydrogens is 250 g/mol. The van der Waals surface area contributed by atoms with Crippen molar-refractivity contribution in [2.45, 2.75) is 13.8 Å². The first-order chi connectivity index (χ1) is 9.81. The second-order valence-corrected chi connectivity index (χ2v) is 4.47. The minimum atomic E-state index is 0.616. The van der Waals surface area contributed by atoms with Gasteiger partial charge in [-0.3, -0.25) is 0 Å². The Morgan fingerprint density at radius 1 is 0.900 bits per heavy atom. The number of benzene rings is 2. The van der Waals surface area contributed by atoms with Crippen LogP contribution in [0.25, 0.3) is 0 Å². The highest BCUT2D eigenvalue weighted by Crippen LogP contribution is 2.23. The number of ether oxygens (including phenoxy) is 2. The molecule has 20 heavy (non-hydrogen) atoms. The van der Waals surface area contributed by atoms with E-state index in [2.05, 4.69) is 5.32 Å². The van der Waals surface area contributed by atoms with Gasteiger partial charge in [0.05, 0.1) is 12.3 Å². The Bertz CT molecular complexity index is 540. The first-order valence-electron chi connectivity index (χ1n) is 6.95. The van der Waals surface area contributed by atoms with Crippen LogP contribution in [0.5, 0.6) is 11.5 Å². The molecule has 2 aromatic carbocycles. The van der Waals surface area contributed by atoms with Gasteiger partial charge in [-0.1, -0.05) is 30.3 Å². The van der Waals surface area contributed by atoms with E-state index in [0.717, 1.165) is 29.3 Å². The second kappa shape index (κ2) is 7.43. The van der Waals surface area contributed by atoms with Crippen LogP contribution in [0.4, 0.5) is 5.69 Å². The van der Waals surface area contributed by atoms with Gasteiger partial charge in [-0.05, 0) is 37.6 Å². The summed E-state index contributed by atoms with van der Waals surface area (Å²) in [4.78, 5) is 0. The van der Waals surface area contributed by atoms with E-state index in [1.54, 1.807) is 0 Å². The van der Waals surface area contributed by atoms with Crippen molar-refractivity contribution in [1.29, 1.82) is 0 Å². The van der Waals surface area contributed by atoms with E-state index in [1.165, 1.54) is 0 Å². The Morgan fingerprint density at radius 3 is 2.35 bits per heavy atom. The van der Waals surface area contributed by atoms with Crippen LogP contribution in [-0.4, -0.2) is 19.8 Å². The van der Waals surface area contributed by atoms with Crippen molar-refractivity contribution in [2.75, 3.05) is 25.1 Å². The molecule has 3 heteroatoms. The number of para-hydroxylation sites is 3. The summed E-state index contributed by atoms with van der Waals surface area (Å²) in [6, 6.07) is 16.0. The Morgan fingerprint density at radius 2 is 1.60 bits per heavy atom. The summed E-state index contributed by atoms with van der Waals surface area (Å²) in [7, 11) is 0. The van der Waals surface area contributed by atoms with E-state index in [4.69, 9.17) is 9.47 Å². The average Bonchev–Trinajstić information content (AvgIpc) is 2.47. The molecule has 1 N–H and O–H groups in total. The molecule has 106 valence electrons. The number of hydrogen-bond acceptors (Lipinski definition) is 3. The van der Waals surface area contributed by atoms with Gasteiger partial charge in [0.25, 0.3) is 0 Å². The van der Waals surface area contributed by atoms with Crippen LogP contribution in [0.2, 0.25) is 0 Å². The van der Waals surface area contributed by atoms with Crippen molar-refractivity contribution in [1.82, 2.24) is 0 Å². The van der Waals surface area contributed by atoms with Crippen LogP contribution in [0.15, 0.2) is 48.5 Å². The summed E-state index contributed by atoms with van der Waals surface area (Å²) in [5.74, 6) is 1.82. The molecule has 0 saturated heterocycles. The van der Waals surface area contributed by atoms with Crippen LogP contribution in [0.3, 0.4) is 0 Å². The van der Waals surface area contributed by atoms with Crippen LogP contribution in [-0.2, 0) is 0 Å². The fourth-order valence-corrected chi connectivity index (χ4v) is 1.96. The van der Waals surface area contributed by atoms with Crippen molar-refractivity contribution in [3.8, 4) is 11.5 Å². The molecule has 0 aliphatic heterocycles. The Balaban J connectivity index is 1.83. The number of rotatable bonds is 7. The topological polar surface area (TPSA) is 30.5 Å². The summed E-state index contributed by atoms with van der Waals surface area (Å²) >= 11 is 0. The molecule has 0 bridgehead atoms. The van der Waals surface area contributed by atoms with E-state index in [0.29, 0.717) is 13.2 Å². The largest absolute Gasteiger partial charge is 0.492 e. The maximum Gasteiger partial charge on any atom is 0.142 e. The number of aryl methyl sites for hydroxylation is 1. The van der Waals surface area contributed by atoms with Crippen LogP contribution >= 0.6 is 0 Å². The molecule has 0 aliphatic carbocycles. The summed E-state index contributed by atoms with van der Waals surface area (Å²) in [6.45, 7) is 6.05. The molecule has 0 fully saturated rings. The molecule has 0 amide bonds. The molecular formula is C17H21NO2. The highest BCUT2D eigenvalue weighted by molar-refractivity contribution is 5.56. The summed E-state index contributed by atoms with van der Waals surface area (Å²) in [5.41, 5.74) is 2.16. The Kier molecular flexibility index (Phi) is 5.30. The van der Waals surface area contributed by atoms with Gasteiger partial charge in [0.15, 0.2) is 0 Å². The van der Waals surface area contributed by atoms with Crippen molar-refractivity contribution < 1.29 is 9.47 Å². The van der Waals surface area contributed by atoms with Gasteiger partial charge in [0.2, 0.25) is 0 Å². The first kappa shape index (κ1) is 14.3. The Labute approximate surface area is 120 Å². The standard InChI is InChI=1S/C17H21NO2/c1-3-19-17-11-7-5-9-15(17)18-12-13-20-16-10-6-4-8-14(16)2/h4-11,18H,3,12-13H2,1-2H3. The molecule has 0 heterocycles. The van der Waals surface area contributed by atoms with Crippen LogP contribution in [0.1, 0.15) is 12.5 Å². The van der Waals surface area contributed by atoms with Gasteiger partial charge >= 0.3 is 0 Å². The molecule has 2 aromatic rings. The number of anilines is 1. The van der Waals surface area contributed by atoms with Crippen molar-refractivity contribution >= 4 is 5.69 Å². The van der Waals surface area contributed by atoms with Gasteiger partial charge in [0.1, 0.15) is 18.1 Å². The monoisotopic (exact) mass is 271 g/mol. The van der Waals surface area contributed by atoms with Crippen molar-refractivity contribution in [2.24, 2.45) is 0 Å². The average molecular weight is 271 g/mol. The highest BCUT2D eigenvalue weighted by Gasteiger charge is 2.01. The van der Waals surface area contributed by atoms with E-state index >= 15 is 0 Å².